The van der Waals surface area contributed by atoms with Crippen molar-refractivity contribution in [3.05, 3.63) is 64.8 Å². The number of likely N-dealkylation sites (tertiary alicyclic amines) is 1. The number of hydrogen-bond donors (Lipinski definition) is 1. The molecule has 1 fully saturated rings. The van der Waals surface area contributed by atoms with Crippen LogP contribution >= 0.6 is 23.1 Å². The molecule has 1 aliphatic heterocycles. The van der Waals surface area contributed by atoms with Gasteiger partial charge in [-0.25, -0.2) is 4.98 Å². The molecule has 0 radical (unpaired) electrons. The molecule has 0 unspecified atom stereocenters. The summed E-state index contributed by atoms with van der Waals surface area (Å²) in [7, 11) is 0. The Bertz CT molecular complexity index is 1090. The summed E-state index contributed by atoms with van der Waals surface area (Å²) < 4.78 is 3.15. The molecule has 3 aromatic heterocycles. The largest absolute Gasteiger partial charge is 0.352 e. The number of hydrogen-bond acceptors (Lipinski definition) is 6. The second kappa shape index (κ2) is 11.0. The molecule has 3 aromatic rings. The fourth-order valence-electron chi connectivity index (χ4n) is 4.11. The van der Waals surface area contributed by atoms with Gasteiger partial charge in [0.25, 0.3) is 11.8 Å². The number of aromatic nitrogens is 3. The predicted molar refractivity (Wildman–Crippen MR) is 132 cm³/mol. The summed E-state index contributed by atoms with van der Waals surface area (Å²) >= 11 is 3.21. The van der Waals surface area contributed by atoms with E-state index >= 15 is 0 Å². The summed E-state index contributed by atoms with van der Waals surface area (Å²) in [5, 5.41) is 3.04. The average Bonchev–Trinajstić information content (AvgIpc) is 3.53. The van der Waals surface area contributed by atoms with Crippen molar-refractivity contribution in [3.63, 3.8) is 0 Å². The SMILES string of the molecule is CSc1ccc(C(=O)N2CCC(c3nc(C)ccc3C(=O)NCCCn3ccnc3)CC2)s1. The third-order valence-corrected chi connectivity index (χ3v) is 8.06. The number of carbonyl (C=O) groups is 2. The first-order valence-corrected chi connectivity index (χ1v) is 13.2. The highest BCUT2D eigenvalue weighted by molar-refractivity contribution is 8.00. The van der Waals surface area contributed by atoms with Crippen LogP contribution in [0, 0.1) is 6.92 Å². The number of rotatable bonds is 8. The molecule has 4 rings (SSSR count). The van der Waals surface area contributed by atoms with E-state index in [0.717, 1.165) is 46.3 Å². The first-order chi connectivity index (χ1) is 16.0. The van der Waals surface area contributed by atoms with E-state index in [2.05, 4.69) is 10.3 Å². The number of aryl methyl sites for hydroxylation is 2. The van der Waals surface area contributed by atoms with Gasteiger partial charge in [-0.2, -0.15) is 0 Å². The van der Waals surface area contributed by atoms with E-state index in [9.17, 15) is 9.59 Å². The maximum atomic E-state index is 12.9. The minimum Gasteiger partial charge on any atom is -0.352 e. The minimum absolute atomic E-state index is 0.0789. The van der Waals surface area contributed by atoms with Gasteiger partial charge in [-0.3, -0.25) is 14.6 Å². The molecule has 33 heavy (non-hydrogen) atoms. The average molecular weight is 484 g/mol. The zero-order chi connectivity index (χ0) is 23.2. The highest BCUT2D eigenvalue weighted by Crippen LogP contribution is 2.32. The number of pyridine rings is 1. The first-order valence-electron chi connectivity index (χ1n) is 11.2. The molecule has 0 aromatic carbocycles. The lowest BCUT2D eigenvalue weighted by atomic mass is 9.89. The second-order valence-corrected chi connectivity index (χ2v) is 10.4. The Kier molecular flexibility index (Phi) is 7.82. The normalized spacial score (nSPS) is 14.4. The van der Waals surface area contributed by atoms with Gasteiger partial charge < -0.3 is 14.8 Å². The number of piperidine rings is 1. The maximum Gasteiger partial charge on any atom is 0.263 e. The Morgan fingerprint density at radius 2 is 2.03 bits per heavy atom. The molecule has 174 valence electrons. The molecule has 0 saturated carbocycles. The lowest BCUT2D eigenvalue weighted by molar-refractivity contribution is 0.0715. The van der Waals surface area contributed by atoms with Crippen molar-refractivity contribution < 1.29 is 9.59 Å². The van der Waals surface area contributed by atoms with Gasteiger partial charge in [0, 0.05) is 50.2 Å². The summed E-state index contributed by atoms with van der Waals surface area (Å²) in [5.74, 6) is 0.197. The molecule has 0 bridgehead atoms. The Labute approximate surface area is 202 Å². The van der Waals surface area contributed by atoms with Crippen molar-refractivity contribution in [3.8, 4) is 0 Å². The van der Waals surface area contributed by atoms with E-state index in [1.165, 1.54) is 0 Å². The van der Waals surface area contributed by atoms with Crippen LogP contribution in [0.5, 0.6) is 0 Å². The highest BCUT2D eigenvalue weighted by Gasteiger charge is 2.28. The quantitative estimate of drug-likeness (QED) is 0.384. The van der Waals surface area contributed by atoms with Gasteiger partial charge in [0.2, 0.25) is 0 Å². The molecular formula is C24H29N5O2S2. The Morgan fingerprint density at radius 1 is 1.21 bits per heavy atom. The molecule has 7 nitrogen and oxygen atoms in total. The van der Waals surface area contributed by atoms with Crippen LogP contribution in [-0.2, 0) is 6.54 Å². The van der Waals surface area contributed by atoms with Gasteiger partial charge in [0.15, 0.2) is 0 Å². The van der Waals surface area contributed by atoms with Crippen LogP contribution in [0.4, 0.5) is 0 Å². The van der Waals surface area contributed by atoms with Crippen molar-refractivity contribution in [1.82, 2.24) is 24.8 Å². The van der Waals surface area contributed by atoms with Crippen LogP contribution in [0.3, 0.4) is 0 Å². The third-order valence-electron chi connectivity index (χ3n) is 5.91. The smallest absolute Gasteiger partial charge is 0.263 e. The van der Waals surface area contributed by atoms with Gasteiger partial charge in [0.05, 0.1) is 26.7 Å². The van der Waals surface area contributed by atoms with E-state index in [1.54, 1.807) is 35.6 Å². The van der Waals surface area contributed by atoms with Crippen molar-refractivity contribution >= 4 is 34.9 Å². The number of imidazole rings is 1. The molecule has 2 amide bonds. The highest BCUT2D eigenvalue weighted by atomic mass is 32.2. The van der Waals surface area contributed by atoms with E-state index in [0.29, 0.717) is 25.2 Å². The Hall–Kier alpha value is -2.65. The van der Waals surface area contributed by atoms with Gasteiger partial charge >= 0.3 is 0 Å². The topological polar surface area (TPSA) is 80.1 Å². The number of nitrogens with zero attached hydrogens (tertiary/aromatic N) is 4. The predicted octanol–water partition coefficient (Wildman–Crippen LogP) is 4.21. The second-order valence-electron chi connectivity index (χ2n) is 8.18. The molecule has 0 aliphatic carbocycles. The molecular weight excluding hydrogens is 454 g/mol. The van der Waals surface area contributed by atoms with E-state index < -0.39 is 0 Å². The summed E-state index contributed by atoms with van der Waals surface area (Å²) in [6.07, 6.45) is 9.92. The van der Waals surface area contributed by atoms with Crippen molar-refractivity contribution in [2.45, 2.75) is 42.9 Å². The standard InChI is InChI=1S/C24H29N5O2S2/c1-17-4-5-19(23(30)26-10-3-12-28-15-11-25-16-28)22(27-17)18-8-13-29(14-9-18)24(31)20-6-7-21(32-2)33-20/h4-7,11,15-16,18H,3,8-10,12-14H2,1-2H3,(H,26,30). The van der Waals surface area contributed by atoms with Crippen molar-refractivity contribution in [1.29, 1.82) is 0 Å². The van der Waals surface area contributed by atoms with Crippen LogP contribution in [0.25, 0.3) is 0 Å². The van der Waals surface area contributed by atoms with Crippen molar-refractivity contribution in [2.75, 3.05) is 25.9 Å². The van der Waals surface area contributed by atoms with Crippen LogP contribution in [-0.4, -0.2) is 57.1 Å². The summed E-state index contributed by atoms with van der Waals surface area (Å²) in [6, 6.07) is 7.70. The van der Waals surface area contributed by atoms with Crippen LogP contribution in [0.15, 0.2) is 47.2 Å². The van der Waals surface area contributed by atoms with Crippen LogP contribution in [0.2, 0.25) is 0 Å². The molecule has 1 saturated heterocycles. The lowest BCUT2D eigenvalue weighted by Crippen LogP contribution is -2.38. The summed E-state index contributed by atoms with van der Waals surface area (Å²) in [6.45, 7) is 4.72. The molecule has 0 spiro atoms. The summed E-state index contributed by atoms with van der Waals surface area (Å²) in [5.41, 5.74) is 2.41. The zero-order valence-electron chi connectivity index (χ0n) is 19.0. The Morgan fingerprint density at radius 3 is 2.73 bits per heavy atom. The van der Waals surface area contributed by atoms with Gasteiger partial charge in [-0.15, -0.1) is 23.1 Å². The van der Waals surface area contributed by atoms with Crippen LogP contribution in [0.1, 0.15) is 56.6 Å². The van der Waals surface area contributed by atoms with Gasteiger partial charge in [-0.05, 0) is 56.7 Å². The maximum absolute atomic E-state index is 12.9. The zero-order valence-corrected chi connectivity index (χ0v) is 20.6. The molecule has 1 aliphatic rings. The van der Waals surface area contributed by atoms with Crippen molar-refractivity contribution in [2.24, 2.45) is 0 Å². The fourth-order valence-corrected chi connectivity index (χ4v) is 5.63. The van der Waals surface area contributed by atoms with E-state index in [-0.39, 0.29) is 17.7 Å². The van der Waals surface area contributed by atoms with Crippen LogP contribution < -0.4 is 5.32 Å². The number of thiophene rings is 1. The monoisotopic (exact) mass is 483 g/mol. The number of nitrogens with one attached hydrogen (secondary N) is 1. The minimum atomic E-state index is -0.0789. The third kappa shape index (κ3) is 5.83. The Balaban J connectivity index is 1.36. The first kappa shape index (κ1) is 23.5. The number of amides is 2. The van der Waals surface area contributed by atoms with Gasteiger partial charge in [0.1, 0.15) is 0 Å². The molecule has 4 heterocycles. The lowest BCUT2D eigenvalue weighted by Gasteiger charge is -2.32. The molecule has 0 atom stereocenters. The van der Waals surface area contributed by atoms with E-state index in [1.807, 2.05) is 53.1 Å². The molecule has 1 N–H and O–H groups in total. The number of thioether (sulfide) groups is 1. The summed E-state index contributed by atoms with van der Waals surface area (Å²) in [4.78, 5) is 37.3. The molecule has 9 heteroatoms. The van der Waals surface area contributed by atoms with Gasteiger partial charge in [-0.1, -0.05) is 0 Å². The number of carbonyl (C=O) groups excluding carboxylic acids is 2. The fraction of sp³-hybridized carbons (Fsp3) is 0.417. The van der Waals surface area contributed by atoms with E-state index in [4.69, 9.17) is 4.98 Å².